The Kier molecular flexibility index (Phi) is 6.96. The van der Waals surface area contributed by atoms with Crippen LogP contribution in [0.15, 0.2) is 18.2 Å². The van der Waals surface area contributed by atoms with Crippen molar-refractivity contribution in [1.29, 1.82) is 0 Å². The molecule has 2 aliphatic heterocycles. The maximum absolute atomic E-state index is 5.93. The third kappa shape index (κ3) is 4.99. The molecule has 2 fully saturated rings. The van der Waals surface area contributed by atoms with Gasteiger partial charge in [-0.25, -0.2) is 0 Å². The molecule has 1 aromatic carbocycles. The lowest BCUT2D eigenvalue weighted by Crippen LogP contribution is -2.49. The second kappa shape index (κ2) is 9.20. The van der Waals surface area contributed by atoms with Gasteiger partial charge in [0, 0.05) is 51.1 Å². The van der Waals surface area contributed by atoms with Crippen molar-refractivity contribution in [3.8, 4) is 0 Å². The zero-order valence-corrected chi connectivity index (χ0v) is 17.2. The molecule has 0 saturated carbocycles. The highest BCUT2D eigenvalue weighted by Crippen LogP contribution is 2.28. The Morgan fingerprint density at radius 2 is 1.85 bits per heavy atom. The van der Waals surface area contributed by atoms with Gasteiger partial charge in [-0.1, -0.05) is 12.1 Å². The van der Waals surface area contributed by atoms with Crippen LogP contribution in [0.4, 0.5) is 5.69 Å². The smallest absolute Gasteiger partial charge is 0.0702 e. The average molecular weight is 360 g/mol. The molecule has 0 radical (unpaired) electrons. The summed E-state index contributed by atoms with van der Waals surface area (Å²) < 4.78 is 5.93. The molecular formula is C22H37N3O. The summed E-state index contributed by atoms with van der Waals surface area (Å²) in [6.07, 6.45) is 5.44. The first kappa shape index (κ1) is 19.7. The van der Waals surface area contributed by atoms with E-state index in [4.69, 9.17) is 4.74 Å². The van der Waals surface area contributed by atoms with Crippen molar-refractivity contribution in [2.45, 2.75) is 51.7 Å². The van der Waals surface area contributed by atoms with Gasteiger partial charge in [-0.05, 0) is 70.8 Å². The minimum absolute atomic E-state index is 0.453. The topological polar surface area (TPSA) is 19.0 Å². The first-order valence-corrected chi connectivity index (χ1v) is 10.4. The van der Waals surface area contributed by atoms with E-state index < -0.39 is 0 Å². The van der Waals surface area contributed by atoms with Gasteiger partial charge >= 0.3 is 0 Å². The number of hydrogen-bond acceptors (Lipinski definition) is 4. The number of anilines is 1. The van der Waals surface area contributed by atoms with Crippen molar-refractivity contribution in [3.63, 3.8) is 0 Å². The molecule has 1 aromatic rings. The zero-order chi connectivity index (χ0) is 18.5. The minimum atomic E-state index is 0.453. The average Bonchev–Trinajstić information content (AvgIpc) is 3.14. The summed E-state index contributed by atoms with van der Waals surface area (Å²) in [5.41, 5.74) is 4.27. The monoisotopic (exact) mass is 359 g/mol. The van der Waals surface area contributed by atoms with Gasteiger partial charge in [0.05, 0.1) is 6.10 Å². The summed E-state index contributed by atoms with van der Waals surface area (Å²) in [6, 6.07) is 7.40. The second-order valence-electron chi connectivity index (χ2n) is 8.37. The van der Waals surface area contributed by atoms with Gasteiger partial charge < -0.3 is 14.5 Å². The first-order chi connectivity index (χ1) is 12.5. The third-order valence-corrected chi connectivity index (χ3v) is 6.19. The van der Waals surface area contributed by atoms with Gasteiger partial charge in [-0.2, -0.15) is 0 Å². The molecule has 0 spiro atoms. The SMILES string of the molecule is Cc1cccc(N2CCC(N(CCN(C)C)CC3CCCO3)CC2)c1C. The molecule has 0 amide bonds. The Morgan fingerprint density at radius 3 is 2.50 bits per heavy atom. The minimum Gasteiger partial charge on any atom is -0.377 e. The van der Waals surface area contributed by atoms with E-state index in [1.165, 1.54) is 55.6 Å². The van der Waals surface area contributed by atoms with Gasteiger partial charge in [0.1, 0.15) is 0 Å². The quantitative estimate of drug-likeness (QED) is 0.743. The van der Waals surface area contributed by atoms with E-state index in [1.54, 1.807) is 0 Å². The van der Waals surface area contributed by atoms with Crippen molar-refractivity contribution in [2.75, 3.05) is 58.3 Å². The van der Waals surface area contributed by atoms with Crippen LogP contribution >= 0.6 is 0 Å². The predicted molar refractivity (Wildman–Crippen MR) is 110 cm³/mol. The summed E-state index contributed by atoms with van der Waals surface area (Å²) in [5, 5.41) is 0. The van der Waals surface area contributed by atoms with Crippen molar-refractivity contribution >= 4 is 5.69 Å². The van der Waals surface area contributed by atoms with Crippen LogP contribution in [0.25, 0.3) is 0 Å². The maximum atomic E-state index is 5.93. The molecular weight excluding hydrogens is 322 g/mol. The number of hydrogen-bond donors (Lipinski definition) is 0. The van der Waals surface area contributed by atoms with Gasteiger partial charge in [0.2, 0.25) is 0 Å². The van der Waals surface area contributed by atoms with Crippen LogP contribution in [0.1, 0.15) is 36.8 Å². The van der Waals surface area contributed by atoms with Crippen LogP contribution in [0, 0.1) is 13.8 Å². The Morgan fingerprint density at radius 1 is 1.08 bits per heavy atom. The predicted octanol–water partition coefficient (Wildman–Crippen LogP) is 3.31. The number of ether oxygens (including phenoxy) is 1. The Labute approximate surface area is 160 Å². The number of rotatable bonds is 7. The summed E-state index contributed by atoms with van der Waals surface area (Å²) in [5.74, 6) is 0. The number of nitrogens with zero attached hydrogens (tertiary/aromatic N) is 3. The van der Waals surface area contributed by atoms with Crippen molar-refractivity contribution in [3.05, 3.63) is 29.3 Å². The number of aryl methyl sites for hydroxylation is 1. The van der Waals surface area contributed by atoms with Crippen LogP contribution in [0.2, 0.25) is 0 Å². The largest absolute Gasteiger partial charge is 0.377 e. The molecule has 146 valence electrons. The number of likely N-dealkylation sites (N-methyl/N-ethyl adjacent to an activating group) is 1. The van der Waals surface area contributed by atoms with Gasteiger partial charge in [0.25, 0.3) is 0 Å². The molecule has 4 nitrogen and oxygen atoms in total. The van der Waals surface area contributed by atoms with E-state index in [9.17, 15) is 0 Å². The third-order valence-electron chi connectivity index (χ3n) is 6.19. The van der Waals surface area contributed by atoms with E-state index >= 15 is 0 Å². The van der Waals surface area contributed by atoms with Crippen molar-refractivity contribution in [2.24, 2.45) is 0 Å². The van der Waals surface area contributed by atoms with E-state index in [-0.39, 0.29) is 0 Å². The Hall–Kier alpha value is -1.10. The molecule has 0 aromatic heterocycles. The molecule has 26 heavy (non-hydrogen) atoms. The molecule has 0 N–H and O–H groups in total. The molecule has 2 saturated heterocycles. The standard InChI is InChI=1S/C22H37N3O/c1-18-7-5-9-22(19(18)2)24-12-10-20(11-13-24)25(15-14-23(3)4)17-21-8-6-16-26-21/h5,7,9,20-21H,6,8,10-17H2,1-4H3. The molecule has 1 atom stereocenters. The number of benzene rings is 1. The number of piperidine rings is 1. The molecule has 1 unspecified atom stereocenters. The lowest BCUT2D eigenvalue weighted by atomic mass is 9.99. The molecule has 2 heterocycles. The first-order valence-electron chi connectivity index (χ1n) is 10.4. The highest BCUT2D eigenvalue weighted by atomic mass is 16.5. The summed E-state index contributed by atoms with van der Waals surface area (Å²) in [7, 11) is 4.35. The Bertz CT molecular complexity index is 561. The van der Waals surface area contributed by atoms with Crippen LogP contribution < -0.4 is 4.90 Å². The molecule has 0 bridgehead atoms. The van der Waals surface area contributed by atoms with E-state index in [1.807, 2.05) is 0 Å². The van der Waals surface area contributed by atoms with E-state index in [0.717, 1.165) is 26.2 Å². The zero-order valence-electron chi connectivity index (χ0n) is 17.2. The lowest BCUT2D eigenvalue weighted by Gasteiger charge is -2.41. The van der Waals surface area contributed by atoms with Crippen LogP contribution in [-0.4, -0.2) is 75.4 Å². The molecule has 3 rings (SSSR count). The van der Waals surface area contributed by atoms with Crippen molar-refractivity contribution < 1.29 is 4.74 Å². The molecule has 2 aliphatic rings. The summed E-state index contributed by atoms with van der Waals surface area (Å²) in [4.78, 5) is 7.61. The van der Waals surface area contributed by atoms with Crippen molar-refractivity contribution in [1.82, 2.24) is 9.80 Å². The van der Waals surface area contributed by atoms with E-state index in [0.29, 0.717) is 12.1 Å². The van der Waals surface area contributed by atoms with Crippen LogP contribution in [-0.2, 0) is 4.74 Å². The fourth-order valence-corrected chi connectivity index (χ4v) is 4.35. The van der Waals surface area contributed by atoms with Crippen LogP contribution in [0.5, 0.6) is 0 Å². The fraction of sp³-hybridized carbons (Fsp3) is 0.727. The molecule has 0 aliphatic carbocycles. The second-order valence-corrected chi connectivity index (χ2v) is 8.37. The normalized spacial score (nSPS) is 21.9. The van der Waals surface area contributed by atoms with Gasteiger partial charge in [0.15, 0.2) is 0 Å². The molecule has 4 heteroatoms. The Balaban J connectivity index is 1.59. The fourth-order valence-electron chi connectivity index (χ4n) is 4.35. The van der Waals surface area contributed by atoms with Crippen LogP contribution in [0.3, 0.4) is 0 Å². The van der Waals surface area contributed by atoms with E-state index in [2.05, 4.69) is 60.8 Å². The highest BCUT2D eigenvalue weighted by Gasteiger charge is 2.28. The summed E-state index contributed by atoms with van der Waals surface area (Å²) in [6.45, 7) is 11.2. The van der Waals surface area contributed by atoms with Gasteiger partial charge in [-0.3, -0.25) is 4.90 Å². The maximum Gasteiger partial charge on any atom is 0.0702 e. The van der Waals surface area contributed by atoms with Gasteiger partial charge in [-0.15, -0.1) is 0 Å². The summed E-state index contributed by atoms with van der Waals surface area (Å²) >= 11 is 0. The lowest BCUT2D eigenvalue weighted by molar-refractivity contribution is 0.0486. The highest BCUT2D eigenvalue weighted by molar-refractivity contribution is 5.56.